The molecule has 20 heteroatoms. The third-order valence-electron chi connectivity index (χ3n) is 16.5. The van der Waals surface area contributed by atoms with Gasteiger partial charge in [-0.2, -0.15) is 0 Å². The number of benzene rings is 2. The van der Waals surface area contributed by atoms with Crippen LogP contribution in [0.2, 0.25) is 0 Å². The molecule has 3 aromatic heterocycles. The number of aliphatic hydroxyl groups excluding tert-OH is 1. The normalized spacial score (nSPS) is 22.2. The molecule has 0 bridgehead atoms. The van der Waals surface area contributed by atoms with Crippen molar-refractivity contribution in [1.29, 1.82) is 0 Å². The Morgan fingerprint density at radius 1 is 0.883 bits per heavy atom. The number of carbonyl (C=O) groups is 6. The van der Waals surface area contributed by atoms with Gasteiger partial charge < -0.3 is 34.7 Å². The van der Waals surface area contributed by atoms with Crippen molar-refractivity contribution in [3.05, 3.63) is 117 Å². The molecule has 11 rings (SSSR count). The summed E-state index contributed by atoms with van der Waals surface area (Å²) in [5.74, 6) is -2.32. The molecule has 6 aliphatic rings. The predicted octanol–water partition coefficient (Wildman–Crippen LogP) is 5.07. The Balaban J connectivity index is 0.779. The van der Waals surface area contributed by atoms with Crippen molar-refractivity contribution in [2.45, 2.75) is 110 Å². The van der Waals surface area contributed by atoms with E-state index in [4.69, 9.17) is 4.98 Å². The van der Waals surface area contributed by atoms with Crippen LogP contribution < -0.4 is 36.2 Å². The number of piperazine rings is 1. The summed E-state index contributed by atoms with van der Waals surface area (Å²) in [7, 11) is 1.62. The van der Waals surface area contributed by atoms with Gasteiger partial charge in [0.2, 0.25) is 17.7 Å². The van der Waals surface area contributed by atoms with Gasteiger partial charge >= 0.3 is 0 Å². The lowest BCUT2D eigenvalue weighted by Gasteiger charge is -2.48. The van der Waals surface area contributed by atoms with E-state index in [1.807, 2.05) is 25.1 Å². The first-order valence-electron chi connectivity index (χ1n) is 26.5. The number of aryl methyl sites for hydroxylation is 2. The van der Waals surface area contributed by atoms with Gasteiger partial charge in [0.1, 0.15) is 17.6 Å². The van der Waals surface area contributed by atoms with E-state index in [0.717, 1.165) is 67.2 Å². The number of amides is 6. The van der Waals surface area contributed by atoms with E-state index < -0.39 is 47.7 Å². The van der Waals surface area contributed by atoms with E-state index in [0.29, 0.717) is 59.3 Å². The van der Waals surface area contributed by atoms with Crippen LogP contribution in [0.5, 0.6) is 0 Å². The number of hydrogen-bond donors (Lipinski definition) is 4. The number of nitrogens with one attached hydrogen (secondary N) is 3. The molecule has 0 spiro atoms. The Kier molecular flexibility index (Phi) is 13.0. The summed E-state index contributed by atoms with van der Waals surface area (Å²) in [5.41, 5.74) is 8.18. The molecule has 400 valence electrons. The third-order valence-corrected chi connectivity index (χ3v) is 16.5. The van der Waals surface area contributed by atoms with Gasteiger partial charge in [-0.3, -0.25) is 53.6 Å². The van der Waals surface area contributed by atoms with Crippen molar-refractivity contribution in [1.82, 2.24) is 34.2 Å². The Bertz CT molecular complexity index is 3420. The molecule has 77 heavy (non-hydrogen) atoms. The first-order chi connectivity index (χ1) is 36.8. The molecule has 0 radical (unpaired) electrons. The van der Waals surface area contributed by atoms with Crippen LogP contribution in [0.3, 0.4) is 0 Å². The van der Waals surface area contributed by atoms with E-state index in [2.05, 4.69) is 74.5 Å². The van der Waals surface area contributed by atoms with Crippen LogP contribution in [0, 0.1) is 12.3 Å². The number of imide groups is 2. The van der Waals surface area contributed by atoms with Crippen LogP contribution in [0.15, 0.2) is 72.3 Å². The zero-order chi connectivity index (χ0) is 54.4. The van der Waals surface area contributed by atoms with Gasteiger partial charge in [0.25, 0.3) is 23.3 Å². The van der Waals surface area contributed by atoms with Gasteiger partial charge in [-0.05, 0) is 118 Å². The lowest BCUT2D eigenvalue weighted by molar-refractivity contribution is -0.136. The molecule has 4 N–H and O–H groups in total. The van der Waals surface area contributed by atoms with Gasteiger partial charge in [-0.25, -0.2) is 9.97 Å². The summed E-state index contributed by atoms with van der Waals surface area (Å²) in [5, 5.41) is 19.3. The average molecular weight is 1050 g/mol. The van der Waals surface area contributed by atoms with Crippen molar-refractivity contribution in [3.8, 4) is 11.3 Å². The lowest BCUT2D eigenvalue weighted by Crippen LogP contribution is -2.58. The zero-order valence-corrected chi connectivity index (χ0v) is 44.3. The van der Waals surface area contributed by atoms with E-state index in [1.165, 1.54) is 21.9 Å². The molecule has 0 saturated carbocycles. The zero-order valence-electron chi connectivity index (χ0n) is 44.3. The molecule has 8 heterocycles. The van der Waals surface area contributed by atoms with E-state index >= 15 is 0 Å². The van der Waals surface area contributed by atoms with Crippen molar-refractivity contribution in [3.63, 3.8) is 0 Å². The maximum absolute atomic E-state index is 14.1. The first-order valence-corrected chi connectivity index (χ1v) is 26.5. The second-order valence-corrected chi connectivity index (χ2v) is 22.3. The number of fused-ring (bicyclic) bond motifs is 4. The molecule has 5 aromatic rings. The minimum absolute atomic E-state index is 0.0129. The number of carbonyl (C=O) groups excluding carboxylic acids is 6. The number of aromatic nitrogens is 4. The summed E-state index contributed by atoms with van der Waals surface area (Å²) in [6.45, 7) is 17.9. The number of anilines is 6. The van der Waals surface area contributed by atoms with E-state index in [1.54, 1.807) is 48.6 Å². The summed E-state index contributed by atoms with van der Waals surface area (Å²) in [4.78, 5) is 112. The molecule has 2 unspecified atom stereocenters. The quantitative estimate of drug-likeness (QED) is 0.100. The summed E-state index contributed by atoms with van der Waals surface area (Å²) in [6, 6.07) is 12.2. The number of rotatable bonds is 11. The minimum atomic E-state index is -1.03. The fourth-order valence-electron chi connectivity index (χ4n) is 12.8. The number of piperidine rings is 2. The van der Waals surface area contributed by atoms with Crippen molar-refractivity contribution >= 4 is 69.8 Å². The van der Waals surface area contributed by atoms with Crippen LogP contribution in [0.25, 0.3) is 11.3 Å². The highest BCUT2D eigenvalue weighted by Gasteiger charge is 2.46. The lowest BCUT2D eigenvalue weighted by atomic mass is 9.90. The minimum Gasteiger partial charge on any atom is -0.392 e. The standard InChI is InChI=1S/C57H64N12O8/c1-8-48(71)60-41-24-35(59-50-56(77)63(7)29-42(61-50)37-13-15-58-51(40(37)30-70)68-20-19-67-46(55(68)76)23-34-26-57(5,6)27-47(34)67)9-10-43(41)66-18-17-64(28-33(66)4)36-14-16-65(32(3)22-36)45-25-39-38(21-31(45)2)53(74)69(54(39)75)44-11-12-49(72)62-52(44)73/h8-10,13,15,21,23-25,29,32-33,36,44,70H,1,11-12,14,16-20,22,26-28,30H2,2-7H3,(H,59,61)(H,60,71)(H,62,72,73)/t32-,33+,36?,44?/m1/s1. The van der Waals surface area contributed by atoms with Gasteiger partial charge in [0, 0.05) is 111 Å². The van der Waals surface area contributed by atoms with Gasteiger partial charge in [-0.1, -0.05) is 20.4 Å². The highest BCUT2D eigenvalue weighted by molar-refractivity contribution is 6.24. The molecular weight excluding hydrogens is 981 g/mol. The molecular formula is C57H64N12O8. The summed E-state index contributed by atoms with van der Waals surface area (Å²) in [6.07, 6.45) is 8.09. The molecule has 4 atom stereocenters. The Morgan fingerprint density at radius 3 is 2.38 bits per heavy atom. The van der Waals surface area contributed by atoms with Crippen LogP contribution in [0.4, 0.5) is 34.4 Å². The fraction of sp³-hybridized carbons (Fsp3) is 0.421. The van der Waals surface area contributed by atoms with Gasteiger partial charge in [-0.15, -0.1) is 0 Å². The second kappa shape index (κ2) is 19.6. The molecule has 5 aliphatic heterocycles. The smallest absolute Gasteiger partial charge is 0.293 e. The van der Waals surface area contributed by atoms with Crippen molar-refractivity contribution < 1.29 is 33.9 Å². The largest absolute Gasteiger partial charge is 0.392 e. The topological polar surface area (TPSA) is 228 Å². The van der Waals surface area contributed by atoms with Crippen LogP contribution in [-0.4, -0.2) is 126 Å². The summed E-state index contributed by atoms with van der Waals surface area (Å²) >= 11 is 0. The molecule has 3 saturated heterocycles. The number of aliphatic hydroxyl groups is 1. The molecule has 3 fully saturated rings. The van der Waals surface area contributed by atoms with Crippen molar-refractivity contribution in [2.75, 3.05) is 58.1 Å². The van der Waals surface area contributed by atoms with E-state index in [9.17, 15) is 38.7 Å². The van der Waals surface area contributed by atoms with Crippen LogP contribution >= 0.6 is 0 Å². The highest BCUT2D eigenvalue weighted by Crippen LogP contribution is 2.42. The number of pyridine rings is 1. The fourth-order valence-corrected chi connectivity index (χ4v) is 12.8. The maximum atomic E-state index is 14.1. The number of nitrogens with zero attached hydrogens (tertiary/aromatic N) is 9. The van der Waals surface area contributed by atoms with Gasteiger partial charge in [0.05, 0.1) is 34.8 Å². The molecule has 20 nitrogen and oxygen atoms in total. The monoisotopic (exact) mass is 1040 g/mol. The predicted molar refractivity (Wildman–Crippen MR) is 291 cm³/mol. The Labute approximate surface area is 445 Å². The third kappa shape index (κ3) is 9.05. The molecule has 6 amide bonds. The Morgan fingerprint density at radius 2 is 1.65 bits per heavy atom. The summed E-state index contributed by atoms with van der Waals surface area (Å²) < 4.78 is 3.54. The van der Waals surface area contributed by atoms with Crippen LogP contribution in [0.1, 0.15) is 107 Å². The average Bonchev–Trinajstić information content (AvgIpc) is 4.08. The maximum Gasteiger partial charge on any atom is 0.293 e. The second-order valence-electron chi connectivity index (χ2n) is 22.3. The SMILES string of the molecule is C=CC(=O)Nc1cc(Nc2nc(-c3ccnc(N4CCn5c(cc6c5CC(C)(C)C6)C4=O)c3CO)cn(C)c2=O)ccc1N1CCN(C2CCN(c3cc4c(cc3C)C(=O)N(C3CCC(=O)NC3=O)C4=O)[C@H](C)C2)C[C@@H]1C. The van der Waals surface area contributed by atoms with Crippen LogP contribution in [-0.2, 0) is 47.4 Å². The molecule has 1 aliphatic carbocycles. The first kappa shape index (κ1) is 51.2. The Hall–Kier alpha value is -7.97. The highest BCUT2D eigenvalue weighted by atomic mass is 16.3. The van der Waals surface area contributed by atoms with Crippen molar-refractivity contribution in [2.24, 2.45) is 12.5 Å². The number of hydrogen-bond acceptors (Lipinski definition) is 14. The van der Waals surface area contributed by atoms with Gasteiger partial charge in [0.15, 0.2) is 5.82 Å². The van der Waals surface area contributed by atoms with E-state index in [-0.39, 0.29) is 59.2 Å². The molecule has 2 aromatic carbocycles.